The Hall–Kier alpha value is -1.65. The van der Waals surface area contributed by atoms with E-state index in [-0.39, 0.29) is 11.5 Å². The summed E-state index contributed by atoms with van der Waals surface area (Å²) in [6.07, 6.45) is 0.519. The molecule has 0 N–H and O–H groups in total. The lowest BCUT2D eigenvalue weighted by Crippen LogP contribution is -2.01. The van der Waals surface area contributed by atoms with Crippen molar-refractivity contribution in [2.75, 3.05) is 7.11 Å². The summed E-state index contributed by atoms with van der Waals surface area (Å²) in [4.78, 5) is 21.2. The van der Waals surface area contributed by atoms with Gasteiger partial charge in [-0.2, -0.15) is 0 Å². The molecule has 0 aromatic carbocycles. The quantitative estimate of drug-likeness (QED) is 0.478. The molecule has 0 radical (unpaired) electrons. The van der Waals surface area contributed by atoms with Crippen molar-refractivity contribution in [3.8, 4) is 0 Å². The van der Waals surface area contributed by atoms with Crippen LogP contribution in [0, 0.1) is 6.92 Å². The van der Waals surface area contributed by atoms with Gasteiger partial charge >= 0.3 is 5.97 Å². The summed E-state index contributed by atoms with van der Waals surface area (Å²) in [6, 6.07) is 0. The minimum atomic E-state index is -0.631. The van der Waals surface area contributed by atoms with Crippen molar-refractivity contribution < 1.29 is 18.8 Å². The maximum absolute atomic E-state index is 10.9. The van der Waals surface area contributed by atoms with Gasteiger partial charge in [0.25, 0.3) is 0 Å². The minimum Gasteiger partial charge on any atom is -0.463 e. The molecule has 0 bridgehead atoms. The van der Waals surface area contributed by atoms with E-state index in [1.807, 2.05) is 0 Å². The number of ether oxygens (including phenoxy) is 1. The Labute approximate surface area is 68.3 Å². The van der Waals surface area contributed by atoms with Crippen LogP contribution in [0.3, 0.4) is 0 Å². The average molecular weight is 169 g/mol. The SMILES string of the molecule is COC(=O)c1onc(C=O)c1C. The first-order valence-corrected chi connectivity index (χ1v) is 3.20. The van der Waals surface area contributed by atoms with E-state index < -0.39 is 5.97 Å². The Kier molecular flexibility index (Phi) is 2.23. The lowest BCUT2D eigenvalue weighted by atomic mass is 10.2. The van der Waals surface area contributed by atoms with Gasteiger partial charge in [-0.15, -0.1) is 0 Å². The van der Waals surface area contributed by atoms with Gasteiger partial charge in [0.2, 0.25) is 5.76 Å². The van der Waals surface area contributed by atoms with Gasteiger partial charge in [-0.25, -0.2) is 4.79 Å². The molecule has 0 saturated heterocycles. The van der Waals surface area contributed by atoms with Crippen LogP contribution < -0.4 is 0 Å². The Bertz CT molecular complexity index is 315. The third-order valence-corrected chi connectivity index (χ3v) is 1.44. The first-order valence-electron chi connectivity index (χ1n) is 3.20. The highest BCUT2D eigenvalue weighted by atomic mass is 16.5. The summed E-state index contributed by atoms with van der Waals surface area (Å²) < 4.78 is 8.97. The van der Waals surface area contributed by atoms with Crippen LogP contribution in [-0.4, -0.2) is 24.5 Å². The first-order chi connectivity index (χ1) is 5.70. The van der Waals surface area contributed by atoms with Crippen molar-refractivity contribution >= 4 is 12.3 Å². The number of hydrogen-bond acceptors (Lipinski definition) is 5. The number of nitrogens with zero attached hydrogens (tertiary/aromatic N) is 1. The predicted octanol–water partition coefficient (Wildman–Crippen LogP) is 0.582. The predicted molar refractivity (Wildman–Crippen MR) is 38.0 cm³/mol. The molecule has 1 heterocycles. The summed E-state index contributed by atoms with van der Waals surface area (Å²) in [5.41, 5.74) is 0.521. The molecule has 0 fully saturated rings. The number of aromatic nitrogens is 1. The molecule has 0 amide bonds. The molecule has 0 unspecified atom stereocenters. The zero-order chi connectivity index (χ0) is 9.14. The van der Waals surface area contributed by atoms with Crippen LogP contribution in [0.25, 0.3) is 0 Å². The van der Waals surface area contributed by atoms with Crippen molar-refractivity contribution in [1.82, 2.24) is 5.16 Å². The maximum Gasteiger partial charge on any atom is 0.377 e. The van der Waals surface area contributed by atoms with Crippen molar-refractivity contribution in [3.63, 3.8) is 0 Å². The topological polar surface area (TPSA) is 69.4 Å². The van der Waals surface area contributed by atoms with Crippen molar-refractivity contribution in [2.24, 2.45) is 0 Å². The second-order valence-corrected chi connectivity index (χ2v) is 2.13. The average Bonchev–Trinajstić information content (AvgIpc) is 2.45. The zero-order valence-corrected chi connectivity index (χ0v) is 6.66. The molecule has 0 aliphatic rings. The van der Waals surface area contributed by atoms with Crippen molar-refractivity contribution in [2.45, 2.75) is 6.92 Å². The molecule has 5 heteroatoms. The van der Waals surface area contributed by atoms with Gasteiger partial charge in [-0.1, -0.05) is 5.16 Å². The fourth-order valence-corrected chi connectivity index (χ4v) is 0.741. The van der Waals surface area contributed by atoms with Crippen LogP contribution in [0.4, 0.5) is 0 Å². The van der Waals surface area contributed by atoms with E-state index >= 15 is 0 Å². The summed E-state index contributed by atoms with van der Waals surface area (Å²) in [5, 5.41) is 3.36. The van der Waals surface area contributed by atoms with Crippen LogP contribution in [0.2, 0.25) is 0 Å². The summed E-state index contributed by atoms with van der Waals surface area (Å²) in [6.45, 7) is 1.56. The molecule has 0 atom stereocenters. The summed E-state index contributed by atoms with van der Waals surface area (Å²) in [5.74, 6) is -0.660. The van der Waals surface area contributed by atoms with Gasteiger partial charge in [-0.3, -0.25) is 4.79 Å². The number of methoxy groups -OCH3 is 1. The monoisotopic (exact) mass is 169 g/mol. The van der Waals surface area contributed by atoms with Gasteiger partial charge in [0, 0.05) is 5.56 Å². The number of carbonyl (C=O) groups excluding carboxylic acids is 2. The lowest BCUT2D eigenvalue weighted by Gasteiger charge is -1.92. The van der Waals surface area contributed by atoms with Gasteiger partial charge in [0.1, 0.15) is 5.69 Å². The zero-order valence-electron chi connectivity index (χ0n) is 6.66. The molecule has 0 aliphatic heterocycles. The molecule has 12 heavy (non-hydrogen) atoms. The van der Waals surface area contributed by atoms with E-state index in [2.05, 4.69) is 14.4 Å². The minimum absolute atomic E-state index is 0.0281. The van der Waals surface area contributed by atoms with Gasteiger partial charge in [0.15, 0.2) is 6.29 Å². The lowest BCUT2D eigenvalue weighted by molar-refractivity contribution is 0.0553. The molecule has 1 aromatic rings. The van der Waals surface area contributed by atoms with Gasteiger partial charge in [-0.05, 0) is 6.92 Å². The molecule has 1 rings (SSSR count). The Morgan fingerprint density at radius 2 is 2.33 bits per heavy atom. The van der Waals surface area contributed by atoms with E-state index in [0.717, 1.165) is 0 Å². The van der Waals surface area contributed by atoms with Crippen LogP contribution in [0.15, 0.2) is 4.52 Å². The Balaban J connectivity index is 3.10. The highest BCUT2D eigenvalue weighted by Gasteiger charge is 2.18. The largest absolute Gasteiger partial charge is 0.463 e. The normalized spacial score (nSPS) is 9.50. The van der Waals surface area contributed by atoms with Crippen molar-refractivity contribution in [1.29, 1.82) is 0 Å². The third-order valence-electron chi connectivity index (χ3n) is 1.44. The molecule has 0 saturated carbocycles. The number of esters is 1. The first kappa shape index (κ1) is 8.45. The fourth-order valence-electron chi connectivity index (χ4n) is 0.741. The van der Waals surface area contributed by atoms with Crippen LogP contribution in [0.5, 0.6) is 0 Å². The molecule has 64 valence electrons. The van der Waals surface area contributed by atoms with Gasteiger partial charge < -0.3 is 9.26 Å². The standard InChI is InChI=1S/C7H7NO4/c1-4-5(3-9)8-12-6(4)7(10)11-2/h3H,1-2H3. The third kappa shape index (κ3) is 1.20. The number of aldehydes is 1. The Morgan fingerprint density at radius 3 is 2.75 bits per heavy atom. The van der Waals surface area contributed by atoms with E-state index in [9.17, 15) is 9.59 Å². The molecule has 0 spiro atoms. The summed E-state index contributed by atoms with van der Waals surface area (Å²) in [7, 11) is 1.23. The number of carbonyl (C=O) groups is 2. The fraction of sp³-hybridized carbons (Fsp3) is 0.286. The van der Waals surface area contributed by atoms with Gasteiger partial charge in [0.05, 0.1) is 7.11 Å². The molecule has 0 aliphatic carbocycles. The van der Waals surface area contributed by atoms with E-state index in [4.69, 9.17) is 0 Å². The van der Waals surface area contributed by atoms with E-state index in [0.29, 0.717) is 11.8 Å². The van der Waals surface area contributed by atoms with E-state index in [1.54, 1.807) is 6.92 Å². The van der Waals surface area contributed by atoms with Crippen LogP contribution >= 0.6 is 0 Å². The van der Waals surface area contributed by atoms with Crippen LogP contribution in [0.1, 0.15) is 26.6 Å². The second kappa shape index (κ2) is 3.17. The highest BCUT2D eigenvalue weighted by molar-refractivity contribution is 5.90. The molecule has 1 aromatic heterocycles. The van der Waals surface area contributed by atoms with Crippen LogP contribution in [-0.2, 0) is 4.74 Å². The smallest absolute Gasteiger partial charge is 0.377 e. The summed E-state index contributed by atoms with van der Waals surface area (Å²) >= 11 is 0. The molecule has 5 nitrogen and oxygen atoms in total. The van der Waals surface area contributed by atoms with Crippen molar-refractivity contribution in [3.05, 3.63) is 17.0 Å². The maximum atomic E-state index is 10.9. The number of hydrogen-bond donors (Lipinski definition) is 0. The highest BCUT2D eigenvalue weighted by Crippen LogP contribution is 2.11. The Morgan fingerprint density at radius 1 is 1.67 bits per heavy atom. The molecular weight excluding hydrogens is 162 g/mol. The molecular formula is C7H7NO4. The second-order valence-electron chi connectivity index (χ2n) is 2.13. The van der Waals surface area contributed by atoms with E-state index in [1.165, 1.54) is 7.11 Å². The number of rotatable bonds is 2.